The summed E-state index contributed by atoms with van der Waals surface area (Å²) in [4.78, 5) is 12.4. The first kappa shape index (κ1) is 21.4. The van der Waals surface area contributed by atoms with Gasteiger partial charge in [0, 0.05) is 15.7 Å². The molecule has 0 atom stereocenters. The Morgan fingerprint density at radius 2 is 1.67 bits per heavy atom. The summed E-state index contributed by atoms with van der Waals surface area (Å²) in [5.41, 5.74) is 1.80. The fraction of sp³-hybridized carbons (Fsp3) is 0.0435. The Balaban J connectivity index is 1.65. The Morgan fingerprint density at radius 1 is 1.03 bits per heavy atom. The van der Waals surface area contributed by atoms with Crippen LogP contribution < -0.4 is 10.1 Å². The lowest BCUT2D eigenvalue weighted by atomic mass is 10.1. The van der Waals surface area contributed by atoms with Gasteiger partial charge in [0.1, 0.15) is 29.8 Å². The second kappa shape index (κ2) is 9.93. The standard InChI is InChI=1S/C23H15Cl2FN2O2/c24-18-10-19(25)12-21(11-18)28-23(29)17(13-27)9-15-3-7-22(8-4-15)30-14-16-1-5-20(26)6-2-16/h1-12H,14H2,(H,28,29)/b17-9+. The number of ether oxygens (including phenoxy) is 1. The molecule has 150 valence electrons. The summed E-state index contributed by atoms with van der Waals surface area (Å²) in [6, 6.07) is 19.4. The van der Waals surface area contributed by atoms with Gasteiger partial charge in [0.05, 0.1) is 0 Å². The summed E-state index contributed by atoms with van der Waals surface area (Å²) < 4.78 is 18.6. The average molecular weight is 441 g/mol. The van der Waals surface area contributed by atoms with Crippen molar-refractivity contribution >= 4 is 40.9 Å². The summed E-state index contributed by atoms with van der Waals surface area (Å²) in [5, 5.41) is 12.7. The van der Waals surface area contributed by atoms with Gasteiger partial charge in [-0.1, -0.05) is 47.5 Å². The van der Waals surface area contributed by atoms with Crippen molar-refractivity contribution in [2.75, 3.05) is 5.32 Å². The van der Waals surface area contributed by atoms with E-state index in [4.69, 9.17) is 27.9 Å². The topological polar surface area (TPSA) is 62.1 Å². The number of hydrogen-bond donors (Lipinski definition) is 1. The van der Waals surface area contributed by atoms with Crippen LogP contribution in [0.5, 0.6) is 5.75 Å². The molecule has 3 aromatic carbocycles. The Bertz CT molecular complexity index is 1100. The van der Waals surface area contributed by atoms with Gasteiger partial charge in [-0.05, 0) is 59.7 Å². The molecule has 30 heavy (non-hydrogen) atoms. The predicted molar refractivity (Wildman–Crippen MR) is 116 cm³/mol. The molecule has 7 heteroatoms. The van der Waals surface area contributed by atoms with E-state index in [0.29, 0.717) is 33.7 Å². The van der Waals surface area contributed by atoms with E-state index >= 15 is 0 Å². The summed E-state index contributed by atoms with van der Waals surface area (Å²) in [6.45, 7) is 0.295. The van der Waals surface area contributed by atoms with E-state index in [0.717, 1.165) is 5.56 Å². The third-order valence-electron chi connectivity index (χ3n) is 4.00. The van der Waals surface area contributed by atoms with Crippen molar-refractivity contribution in [3.63, 3.8) is 0 Å². The SMILES string of the molecule is N#C/C(=C\c1ccc(OCc2ccc(F)cc2)cc1)C(=O)Nc1cc(Cl)cc(Cl)c1. The van der Waals surface area contributed by atoms with Gasteiger partial charge in [-0.15, -0.1) is 0 Å². The van der Waals surface area contributed by atoms with Crippen molar-refractivity contribution in [2.45, 2.75) is 6.61 Å². The van der Waals surface area contributed by atoms with E-state index in [1.165, 1.54) is 30.3 Å². The van der Waals surface area contributed by atoms with Crippen LogP contribution in [0.3, 0.4) is 0 Å². The van der Waals surface area contributed by atoms with Crippen LogP contribution in [0.15, 0.2) is 72.3 Å². The zero-order chi connectivity index (χ0) is 21.5. The van der Waals surface area contributed by atoms with Crippen LogP contribution in [0.25, 0.3) is 6.08 Å². The van der Waals surface area contributed by atoms with Gasteiger partial charge in [-0.3, -0.25) is 4.79 Å². The Kier molecular flexibility index (Phi) is 7.08. The van der Waals surface area contributed by atoms with Gasteiger partial charge in [0.2, 0.25) is 0 Å². The molecule has 0 saturated carbocycles. The van der Waals surface area contributed by atoms with E-state index in [9.17, 15) is 14.4 Å². The number of nitriles is 1. The van der Waals surface area contributed by atoms with E-state index in [1.807, 2.05) is 6.07 Å². The fourth-order valence-electron chi connectivity index (χ4n) is 2.55. The number of rotatable bonds is 6. The highest BCUT2D eigenvalue weighted by atomic mass is 35.5. The number of halogens is 3. The van der Waals surface area contributed by atoms with E-state index < -0.39 is 5.91 Å². The lowest BCUT2D eigenvalue weighted by Gasteiger charge is -2.07. The number of nitrogens with zero attached hydrogens (tertiary/aromatic N) is 1. The van der Waals surface area contributed by atoms with Crippen molar-refractivity contribution in [3.05, 3.63) is 99.3 Å². The van der Waals surface area contributed by atoms with Gasteiger partial charge in [-0.2, -0.15) is 5.26 Å². The van der Waals surface area contributed by atoms with Gasteiger partial charge < -0.3 is 10.1 Å². The first-order chi connectivity index (χ1) is 14.4. The van der Waals surface area contributed by atoms with Crippen LogP contribution in [0.2, 0.25) is 10.0 Å². The number of carbonyl (C=O) groups is 1. The Labute approximate surface area is 183 Å². The number of hydrogen-bond acceptors (Lipinski definition) is 3. The second-order valence-electron chi connectivity index (χ2n) is 6.27. The minimum absolute atomic E-state index is 0.0777. The van der Waals surface area contributed by atoms with E-state index in [1.54, 1.807) is 42.5 Å². The van der Waals surface area contributed by atoms with Crippen molar-refractivity contribution in [2.24, 2.45) is 0 Å². The quantitative estimate of drug-likeness (QED) is 0.363. The number of anilines is 1. The molecule has 0 saturated heterocycles. The number of carbonyl (C=O) groups excluding carboxylic acids is 1. The maximum atomic E-state index is 12.9. The molecule has 0 bridgehead atoms. The third-order valence-corrected chi connectivity index (χ3v) is 4.43. The van der Waals surface area contributed by atoms with Crippen LogP contribution in [0, 0.1) is 17.1 Å². The molecular formula is C23H15Cl2FN2O2. The smallest absolute Gasteiger partial charge is 0.266 e. The summed E-state index contributed by atoms with van der Waals surface area (Å²) >= 11 is 11.8. The first-order valence-corrected chi connectivity index (χ1v) is 9.55. The number of nitrogens with one attached hydrogen (secondary N) is 1. The number of benzene rings is 3. The van der Waals surface area contributed by atoms with Gasteiger partial charge in [0.25, 0.3) is 5.91 Å². The highest BCUT2D eigenvalue weighted by molar-refractivity contribution is 6.35. The molecule has 0 heterocycles. The maximum Gasteiger partial charge on any atom is 0.266 e. The van der Waals surface area contributed by atoms with Crippen LogP contribution in [-0.2, 0) is 11.4 Å². The molecule has 3 aromatic rings. The average Bonchev–Trinajstić information content (AvgIpc) is 2.71. The first-order valence-electron chi connectivity index (χ1n) is 8.79. The molecule has 0 radical (unpaired) electrons. The molecular weight excluding hydrogens is 426 g/mol. The maximum absolute atomic E-state index is 12.9. The van der Waals surface area contributed by atoms with Gasteiger partial charge in [-0.25, -0.2) is 4.39 Å². The third kappa shape index (κ3) is 6.08. The monoisotopic (exact) mass is 440 g/mol. The largest absolute Gasteiger partial charge is 0.489 e. The zero-order valence-electron chi connectivity index (χ0n) is 15.5. The Hall–Kier alpha value is -3.33. The van der Waals surface area contributed by atoms with Crippen LogP contribution in [0.4, 0.5) is 10.1 Å². The molecule has 0 unspecified atom stereocenters. The van der Waals surface area contributed by atoms with Crippen molar-refractivity contribution in [1.82, 2.24) is 0 Å². The molecule has 0 spiro atoms. The zero-order valence-corrected chi connectivity index (χ0v) is 17.0. The fourth-order valence-corrected chi connectivity index (χ4v) is 3.07. The predicted octanol–water partition coefficient (Wildman–Crippen LogP) is 6.26. The second-order valence-corrected chi connectivity index (χ2v) is 7.14. The molecule has 1 N–H and O–H groups in total. The van der Waals surface area contributed by atoms with Crippen LogP contribution in [0.1, 0.15) is 11.1 Å². The lowest BCUT2D eigenvalue weighted by molar-refractivity contribution is -0.112. The molecule has 0 aliphatic carbocycles. The Morgan fingerprint density at radius 3 is 2.27 bits per heavy atom. The minimum atomic E-state index is -0.576. The van der Waals surface area contributed by atoms with E-state index in [-0.39, 0.29) is 11.4 Å². The van der Waals surface area contributed by atoms with Crippen molar-refractivity contribution < 1.29 is 13.9 Å². The van der Waals surface area contributed by atoms with E-state index in [2.05, 4.69) is 5.32 Å². The van der Waals surface area contributed by atoms with Gasteiger partial charge in [0.15, 0.2) is 0 Å². The van der Waals surface area contributed by atoms with Crippen molar-refractivity contribution in [3.8, 4) is 11.8 Å². The van der Waals surface area contributed by atoms with Gasteiger partial charge >= 0.3 is 0 Å². The molecule has 0 aromatic heterocycles. The highest BCUT2D eigenvalue weighted by Crippen LogP contribution is 2.23. The minimum Gasteiger partial charge on any atom is -0.489 e. The number of amides is 1. The summed E-state index contributed by atoms with van der Waals surface area (Å²) in [5.74, 6) is -0.272. The molecule has 0 fully saturated rings. The molecule has 0 aliphatic rings. The molecule has 4 nitrogen and oxygen atoms in total. The van der Waals surface area contributed by atoms with Crippen LogP contribution in [-0.4, -0.2) is 5.91 Å². The van der Waals surface area contributed by atoms with Crippen LogP contribution >= 0.6 is 23.2 Å². The van der Waals surface area contributed by atoms with Crippen molar-refractivity contribution in [1.29, 1.82) is 5.26 Å². The molecule has 1 amide bonds. The molecule has 0 aliphatic heterocycles. The lowest BCUT2D eigenvalue weighted by Crippen LogP contribution is -2.13. The highest BCUT2D eigenvalue weighted by Gasteiger charge is 2.10. The molecule has 3 rings (SSSR count). The summed E-state index contributed by atoms with van der Waals surface area (Å²) in [6.07, 6.45) is 1.46. The summed E-state index contributed by atoms with van der Waals surface area (Å²) in [7, 11) is 0. The normalized spacial score (nSPS) is 10.9.